The van der Waals surface area contributed by atoms with Crippen LogP contribution in [-0.2, 0) is 4.79 Å². The third-order valence-corrected chi connectivity index (χ3v) is 2.22. The molecule has 0 heterocycles. The van der Waals surface area contributed by atoms with Crippen LogP contribution < -0.4 is 0 Å². The highest BCUT2D eigenvalue weighted by atomic mass is 35.5. The Hall–Kier alpha value is -0.450. The van der Waals surface area contributed by atoms with Crippen LogP contribution in [0.2, 0.25) is 0 Å². The number of alkyl halides is 4. The summed E-state index contributed by atoms with van der Waals surface area (Å²) in [6.07, 6.45) is -5.21. The van der Waals surface area contributed by atoms with Gasteiger partial charge in [-0.2, -0.15) is 13.2 Å². The number of halogens is 4. The molecule has 0 fully saturated rings. The Morgan fingerprint density at radius 2 is 2.00 bits per heavy atom. The molecular formula is C8H13ClF3NO. The van der Waals surface area contributed by atoms with Crippen molar-refractivity contribution in [2.45, 2.75) is 19.5 Å². The minimum Gasteiger partial charge on any atom is -0.345 e. The van der Waals surface area contributed by atoms with Crippen molar-refractivity contribution in [2.24, 2.45) is 5.92 Å². The summed E-state index contributed by atoms with van der Waals surface area (Å²) < 4.78 is 35.4. The van der Waals surface area contributed by atoms with Crippen LogP contribution in [0, 0.1) is 5.92 Å². The number of hydrogen-bond donors (Lipinski definition) is 0. The zero-order chi connectivity index (χ0) is 11.4. The van der Waals surface area contributed by atoms with Crippen LogP contribution in [0.1, 0.15) is 13.3 Å². The second-order valence-electron chi connectivity index (χ2n) is 3.18. The molecule has 0 bridgehead atoms. The summed E-state index contributed by atoms with van der Waals surface area (Å²) in [6.45, 7) is 1.27. The number of carbonyl (C=O) groups is 1. The molecule has 0 aliphatic heterocycles. The van der Waals surface area contributed by atoms with E-state index in [1.54, 1.807) is 6.92 Å². The van der Waals surface area contributed by atoms with Gasteiger partial charge in [-0.25, -0.2) is 0 Å². The molecule has 0 N–H and O–H groups in total. The lowest BCUT2D eigenvalue weighted by molar-refractivity contribution is -0.145. The third-order valence-electron chi connectivity index (χ3n) is 1.76. The molecule has 0 saturated carbocycles. The molecule has 0 spiro atoms. The Labute approximate surface area is 86.0 Å². The Morgan fingerprint density at radius 3 is 2.36 bits per heavy atom. The molecule has 14 heavy (non-hydrogen) atoms. The van der Waals surface area contributed by atoms with E-state index in [-0.39, 0.29) is 18.3 Å². The van der Waals surface area contributed by atoms with Gasteiger partial charge in [0.15, 0.2) is 0 Å². The van der Waals surface area contributed by atoms with Gasteiger partial charge in [0.25, 0.3) is 0 Å². The average molecular weight is 232 g/mol. The molecule has 1 amide bonds. The second-order valence-corrected chi connectivity index (χ2v) is 3.49. The predicted octanol–water partition coefficient (Wildman–Crippen LogP) is 2.27. The molecule has 0 aliphatic rings. The maximum atomic E-state index is 11.8. The molecular weight excluding hydrogens is 219 g/mol. The standard InChI is InChI=1S/C8H13ClF3NO/c1-6(5-9)7(14)13(2)4-3-8(10,11)12/h6H,3-5H2,1-2H3. The lowest BCUT2D eigenvalue weighted by Gasteiger charge is -2.20. The van der Waals surface area contributed by atoms with Crippen LogP contribution in [0.3, 0.4) is 0 Å². The first-order chi connectivity index (χ1) is 6.28. The average Bonchev–Trinajstić information content (AvgIpc) is 2.10. The first-order valence-electron chi connectivity index (χ1n) is 4.15. The van der Waals surface area contributed by atoms with Gasteiger partial charge in [-0.3, -0.25) is 4.79 Å². The predicted molar refractivity (Wildman–Crippen MR) is 48.2 cm³/mol. The molecule has 6 heteroatoms. The van der Waals surface area contributed by atoms with Gasteiger partial charge < -0.3 is 4.90 Å². The SMILES string of the molecule is CC(CCl)C(=O)N(C)CCC(F)(F)F. The van der Waals surface area contributed by atoms with Crippen molar-refractivity contribution in [2.75, 3.05) is 19.5 Å². The van der Waals surface area contributed by atoms with Crippen molar-refractivity contribution in [1.29, 1.82) is 0 Å². The molecule has 0 radical (unpaired) electrons. The minimum atomic E-state index is -4.22. The van der Waals surface area contributed by atoms with Gasteiger partial charge in [-0.05, 0) is 0 Å². The van der Waals surface area contributed by atoms with E-state index < -0.39 is 18.5 Å². The quantitative estimate of drug-likeness (QED) is 0.680. The summed E-state index contributed by atoms with van der Waals surface area (Å²) in [7, 11) is 1.34. The van der Waals surface area contributed by atoms with Crippen LogP contribution in [-0.4, -0.2) is 36.5 Å². The van der Waals surface area contributed by atoms with Gasteiger partial charge in [0, 0.05) is 25.4 Å². The number of hydrogen-bond acceptors (Lipinski definition) is 1. The smallest absolute Gasteiger partial charge is 0.345 e. The van der Waals surface area contributed by atoms with Gasteiger partial charge >= 0.3 is 6.18 Å². The van der Waals surface area contributed by atoms with Crippen molar-refractivity contribution in [3.63, 3.8) is 0 Å². The van der Waals surface area contributed by atoms with Crippen LogP contribution in [0.25, 0.3) is 0 Å². The molecule has 0 rings (SSSR count). The second kappa shape index (κ2) is 5.44. The van der Waals surface area contributed by atoms with E-state index in [1.165, 1.54) is 7.05 Å². The lowest BCUT2D eigenvalue weighted by Crippen LogP contribution is -2.34. The first-order valence-corrected chi connectivity index (χ1v) is 4.69. The molecule has 2 nitrogen and oxygen atoms in total. The minimum absolute atomic E-state index is 0.120. The van der Waals surface area contributed by atoms with Crippen molar-refractivity contribution in [3.8, 4) is 0 Å². The molecule has 0 aromatic heterocycles. The number of nitrogens with zero attached hydrogens (tertiary/aromatic N) is 1. The van der Waals surface area contributed by atoms with E-state index in [4.69, 9.17) is 11.6 Å². The van der Waals surface area contributed by atoms with Crippen LogP contribution in [0.5, 0.6) is 0 Å². The van der Waals surface area contributed by atoms with E-state index in [0.29, 0.717) is 0 Å². The molecule has 0 aromatic carbocycles. The van der Waals surface area contributed by atoms with Gasteiger partial charge in [-0.1, -0.05) is 6.92 Å². The van der Waals surface area contributed by atoms with Gasteiger partial charge in [0.05, 0.1) is 6.42 Å². The van der Waals surface area contributed by atoms with E-state index in [9.17, 15) is 18.0 Å². The van der Waals surface area contributed by atoms with Gasteiger partial charge in [0.1, 0.15) is 0 Å². The Kier molecular flexibility index (Phi) is 5.26. The lowest BCUT2D eigenvalue weighted by atomic mass is 10.2. The van der Waals surface area contributed by atoms with E-state index >= 15 is 0 Å². The molecule has 1 unspecified atom stereocenters. The zero-order valence-electron chi connectivity index (χ0n) is 8.07. The van der Waals surface area contributed by atoms with Crippen molar-refractivity contribution in [3.05, 3.63) is 0 Å². The molecule has 0 aliphatic carbocycles. The fourth-order valence-electron chi connectivity index (χ4n) is 0.847. The van der Waals surface area contributed by atoms with Crippen molar-refractivity contribution >= 4 is 17.5 Å². The zero-order valence-corrected chi connectivity index (χ0v) is 8.82. The summed E-state index contributed by atoms with van der Waals surface area (Å²) in [5, 5.41) is 0. The highest BCUT2D eigenvalue weighted by Gasteiger charge is 2.28. The summed E-state index contributed by atoms with van der Waals surface area (Å²) in [4.78, 5) is 12.3. The summed E-state index contributed by atoms with van der Waals surface area (Å²) in [5.41, 5.74) is 0. The van der Waals surface area contributed by atoms with E-state index in [0.717, 1.165) is 4.90 Å². The van der Waals surface area contributed by atoms with Gasteiger partial charge in [-0.15, -0.1) is 11.6 Å². The molecule has 0 saturated heterocycles. The normalized spacial score (nSPS) is 13.9. The molecule has 0 aromatic rings. The summed E-state index contributed by atoms with van der Waals surface area (Å²) in [5.74, 6) is -0.672. The third kappa shape index (κ3) is 5.32. The number of rotatable bonds is 4. The highest BCUT2D eigenvalue weighted by Crippen LogP contribution is 2.19. The Balaban J connectivity index is 3.97. The van der Waals surface area contributed by atoms with Crippen LogP contribution >= 0.6 is 11.6 Å². The van der Waals surface area contributed by atoms with E-state index in [2.05, 4.69) is 0 Å². The van der Waals surface area contributed by atoms with Crippen LogP contribution in [0.4, 0.5) is 13.2 Å². The number of carbonyl (C=O) groups excluding carboxylic acids is 1. The summed E-state index contributed by atoms with van der Waals surface area (Å²) in [6, 6.07) is 0. The van der Waals surface area contributed by atoms with Crippen molar-refractivity contribution < 1.29 is 18.0 Å². The maximum absolute atomic E-state index is 11.8. The fraction of sp³-hybridized carbons (Fsp3) is 0.875. The molecule has 84 valence electrons. The highest BCUT2D eigenvalue weighted by molar-refractivity contribution is 6.19. The maximum Gasteiger partial charge on any atom is 0.390 e. The van der Waals surface area contributed by atoms with Crippen molar-refractivity contribution in [1.82, 2.24) is 4.90 Å². The topological polar surface area (TPSA) is 20.3 Å². The van der Waals surface area contributed by atoms with Gasteiger partial charge in [0.2, 0.25) is 5.91 Å². The Morgan fingerprint density at radius 1 is 1.50 bits per heavy atom. The molecule has 1 atom stereocenters. The first kappa shape index (κ1) is 13.5. The van der Waals surface area contributed by atoms with Crippen LogP contribution in [0.15, 0.2) is 0 Å². The Bertz CT molecular complexity index is 196. The van der Waals surface area contributed by atoms with E-state index in [1.807, 2.05) is 0 Å². The summed E-state index contributed by atoms with van der Waals surface area (Å²) >= 11 is 5.41. The fourth-order valence-corrected chi connectivity index (χ4v) is 0.979. The number of amides is 1. The largest absolute Gasteiger partial charge is 0.390 e. The monoisotopic (exact) mass is 231 g/mol.